The molecular formula is C15H14O. The molecule has 0 aliphatic carbocycles. The number of methoxy groups -OCH3 is 1. The number of rotatable bonds is 2. The van der Waals surface area contributed by atoms with Crippen molar-refractivity contribution in [3.05, 3.63) is 42.0 Å². The van der Waals surface area contributed by atoms with Crippen LogP contribution >= 0.6 is 0 Å². The van der Waals surface area contributed by atoms with E-state index in [1.807, 2.05) is 19.1 Å². The zero-order valence-electron chi connectivity index (χ0n) is 9.53. The number of hydrogen-bond donors (Lipinski definition) is 0. The van der Waals surface area contributed by atoms with Gasteiger partial charge in [0.25, 0.3) is 0 Å². The van der Waals surface area contributed by atoms with Gasteiger partial charge in [0.1, 0.15) is 5.75 Å². The molecule has 1 heteroatoms. The predicted molar refractivity (Wildman–Crippen MR) is 67.7 cm³/mol. The van der Waals surface area contributed by atoms with Crippen molar-refractivity contribution in [3.8, 4) is 18.1 Å². The van der Waals surface area contributed by atoms with Gasteiger partial charge in [-0.25, -0.2) is 0 Å². The maximum atomic E-state index is 5.42. The lowest BCUT2D eigenvalue weighted by Gasteiger charge is -2.07. The Labute approximate surface area is 96.1 Å². The summed E-state index contributed by atoms with van der Waals surface area (Å²) in [6.45, 7) is 2.03. The van der Waals surface area contributed by atoms with Gasteiger partial charge in [0, 0.05) is 5.92 Å². The maximum Gasteiger partial charge on any atom is 0.119 e. The minimum absolute atomic E-state index is 0.159. The van der Waals surface area contributed by atoms with E-state index in [-0.39, 0.29) is 5.92 Å². The maximum absolute atomic E-state index is 5.42. The first-order valence-corrected chi connectivity index (χ1v) is 5.28. The molecular weight excluding hydrogens is 196 g/mol. The van der Waals surface area contributed by atoms with Crippen molar-refractivity contribution in [3.63, 3.8) is 0 Å². The van der Waals surface area contributed by atoms with E-state index >= 15 is 0 Å². The minimum Gasteiger partial charge on any atom is -0.497 e. The second kappa shape index (κ2) is 4.28. The Morgan fingerprint density at radius 3 is 2.50 bits per heavy atom. The predicted octanol–water partition coefficient (Wildman–Crippen LogP) is 3.59. The van der Waals surface area contributed by atoms with Gasteiger partial charge in [0.15, 0.2) is 0 Å². The normalized spacial score (nSPS) is 12.1. The van der Waals surface area contributed by atoms with Gasteiger partial charge in [-0.1, -0.05) is 24.1 Å². The molecule has 0 radical (unpaired) electrons. The van der Waals surface area contributed by atoms with Crippen LogP contribution in [0.5, 0.6) is 5.75 Å². The summed E-state index contributed by atoms with van der Waals surface area (Å²) in [6.07, 6.45) is 5.42. The molecule has 0 aromatic heterocycles. The molecule has 2 rings (SSSR count). The number of terminal acetylenes is 1. The van der Waals surface area contributed by atoms with Crippen LogP contribution < -0.4 is 4.74 Å². The summed E-state index contributed by atoms with van der Waals surface area (Å²) in [5.41, 5.74) is 1.18. The summed E-state index contributed by atoms with van der Waals surface area (Å²) in [5, 5.41) is 2.37. The molecule has 16 heavy (non-hydrogen) atoms. The van der Waals surface area contributed by atoms with Crippen LogP contribution in [0.4, 0.5) is 0 Å². The van der Waals surface area contributed by atoms with E-state index in [9.17, 15) is 0 Å². The van der Waals surface area contributed by atoms with Crippen LogP contribution in [0, 0.1) is 12.3 Å². The molecule has 1 atom stereocenters. The fraction of sp³-hybridized carbons (Fsp3) is 0.200. The smallest absolute Gasteiger partial charge is 0.119 e. The third-order valence-electron chi connectivity index (χ3n) is 2.82. The van der Waals surface area contributed by atoms with Gasteiger partial charge >= 0.3 is 0 Å². The highest BCUT2D eigenvalue weighted by Crippen LogP contribution is 2.24. The van der Waals surface area contributed by atoms with Crippen LogP contribution in [0.1, 0.15) is 18.4 Å². The largest absolute Gasteiger partial charge is 0.497 e. The van der Waals surface area contributed by atoms with E-state index in [1.165, 1.54) is 16.3 Å². The Bertz CT molecular complexity index is 549. The van der Waals surface area contributed by atoms with Gasteiger partial charge in [0.05, 0.1) is 7.11 Å². The van der Waals surface area contributed by atoms with Crippen molar-refractivity contribution >= 4 is 10.8 Å². The molecule has 0 saturated heterocycles. The molecule has 1 unspecified atom stereocenters. The first kappa shape index (κ1) is 10.6. The summed E-state index contributed by atoms with van der Waals surface area (Å²) in [4.78, 5) is 0. The van der Waals surface area contributed by atoms with Crippen LogP contribution in [-0.4, -0.2) is 7.11 Å². The van der Waals surface area contributed by atoms with Crippen molar-refractivity contribution in [1.82, 2.24) is 0 Å². The zero-order chi connectivity index (χ0) is 11.5. The number of ether oxygens (including phenoxy) is 1. The Morgan fingerprint density at radius 2 is 1.81 bits per heavy atom. The van der Waals surface area contributed by atoms with Crippen molar-refractivity contribution in [2.45, 2.75) is 12.8 Å². The molecule has 0 fully saturated rings. The summed E-state index contributed by atoms with van der Waals surface area (Å²) in [7, 11) is 1.68. The summed E-state index contributed by atoms with van der Waals surface area (Å²) in [6, 6.07) is 12.3. The van der Waals surface area contributed by atoms with Gasteiger partial charge in [0.2, 0.25) is 0 Å². The van der Waals surface area contributed by atoms with Crippen molar-refractivity contribution < 1.29 is 4.74 Å². The van der Waals surface area contributed by atoms with Crippen molar-refractivity contribution in [1.29, 1.82) is 0 Å². The van der Waals surface area contributed by atoms with E-state index in [4.69, 9.17) is 11.2 Å². The monoisotopic (exact) mass is 210 g/mol. The average Bonchev–Trinajstić information content (AvgIpc) is 2.36. The Balaban J connectivity index is 2.52. The highest BCUT2D eigenvalue weighted by Gasteiger charge is 2.03. The van der Waals surface area contributed by atoms with Gasteiger partial charge in [-0.2, -0.15) is 0 Å². The minimum atomic E-state index is 0.159. The third-order valence-corrected chi connectivity index (χ3v) is 2.82. The van der Waals surface area contributed by atoms with Crippen LogP contribution in [0.15, 0.2) is 36.4 Å². The molecule has 0 N–H and O–H groups in total. The van der Waals surface area contributed by atoms with Gasteiger partial charge < -0.3 is 4.74 Å². The Morgan fingerprint density at radius 1 is 1.12 bits per heavy atom. The van der Waals surface area contributed by atoms with E-state index in [2.05, 4.69) is 30.2 Å². The van der Waals surface area contributed by atoms with E-state index in [0.29, 0.717) is 0 Å². The molecule has 0 aliphatic rings. The first-order valence-electron chi connectivity index (χ1n) is 5.28. The molecule has 0 aliphatic heterocycles. The fourth-order valence-electron chi connectivity index (χ4n) is 1.73. The molecule has 0 heterocycles. The molecule has 2 aromatic carbocycles. The van der Waals surface area contributed by atoms with Crippen LogP contribution in [-0.2, 0) is 0 Å². The Hall–Kier alpha value is -1.94. The first-order chi connectivity index (χ1) is 7.74. The van der Waals surface area contributed by atoms with Crippen molar-refractivity contribution in [2.24, 2.45) is 0 Å². The highest BCUT2D eigenvalue weighted by molar-refractivity contribution is 5.84. The molecule has 80 valence electrons. The van der Waals surface area contributed by atoms with Crippen LogP contribution in [0.25, 0.3) is 10.8 Å². The summed E-state index contributed by atoms with van der Waals surface area (Å²) >= 11 is 0. The second-order valence-corrected chi connectivity index (χ2v) is 3.86. The van der Waals surface area contributed by atoms with Gasteiger partial charge in [-0.15, -0.1) is 6.42 Å². The third kappa shape index (κ3) is 1.87. The topological polar surface area (TPSA) is 9.23 Å². The second-order valence-electron chi connectivity index (χ2n) is 3.86. The molecule has 0 saturated carbocycles. The van der Waals surface area contributed by atoms with Crippen LogP contribution in [0.3, 0.4) is 0 Å². The molecule has 2 aromatic rings. The number of hydrogen-bond acceptors (Lipinski definition) is 1. The zero-order valence-corrected chi connectivity index (χ0v) is 9.53. The van der Waals surface area contributed by atoms with E-state index in [0.717, 1.165) is 5.75 Å². The lowest BCUT2D eigenvalue weighted by Crippen LogP contribution is -1.89. The molecule has 0 bridgehead atoms. The average molecular weight is 210 g/mol. The number of benzene rings is 2. The van der Waals surface area contributed by atoms with Crippen molar-refractivity contribution in [2.75, 3.05) is 7.11 Å². The van der Waals surface area contributed by atoms with E-state index in [1.54, 1.807) is 7.11 Å². The standard InChI is InChI=1S/C15H14O/c1-4-11(2)12-5-6-14-10-15(16-3)8-7-13(14)9-12/h1,5-11H,2-3H3. The quantitative estimate of drug-likeness (QED) is 0.688. The number of fused-ring (bicyclic) bond motifs is 1. The van der Waals surface area contributed by atoms with Crippen LogP contribution in [0.2, 0.25) is 0 Å². The molecule has 0 spiro atoms. The van der Waals surface area contributed by atoms with E-state index < -0.39 is 0 Å². The lowest BCUT2D eigenvalue weighted by molar-refractivity contribution is 0.415. The van der Waals surface area contributed by atoms with Gasteiger partial charge in [-0.05, 0) is 41.5 Å². The van der Waals surface area contributed by atoms with Gasteiger partial charge in [-0.3, -0.25) is 0 Å². The Kier molecular flexibility index (Phi) is 2.83. The highest BCUT2D eigenvalue weighted by atomic mass is 16.5. The SMILES string of the molecule is C#CC(C)c1ccc2cc(OC)ccc2c1. The summed E-state index contributed by atoms with van der Waals surface area (Å²) < 4.78 is 5.19. The molecule has 0 amide bonds. The fourth-order valence-corrected chi connectivity index (χ4v) is 1.73. The summed E-state index contributed by atoms with van der Waals surface area (Å²) in [5.74, 6) is 3.78. The molecule has 1 nitrogen and oxygen atoms in total. The lowest BCUT2D eigenvalue weighted by atomic mass is 9.98.